The second kappa shape index (κ2) is 5.63. The lowest BCUT2D eigenvalue weighted by Crippen LogP contribution is -2.04. The Hall–Kier alpha value is -1.89. The first kappa shape index (κ1) is 12.6. The molecule has 0 atom stereocenters. The number of imidazole rings is 1. The topological polar surface area (TPSA) is 54.5 Å². The maximum atomic E-state index is 8.63. The number of unbranched alkanes of at least 4 members (excludes halogenated alkanes) is 1. The second-order valence-electron chi connectivity index (χ2n) is 4.55. The third kappa shape index (κ3) is 2.51. The van der Waals surface area contributed by atoms with Gasteiger partial charge in [0.1, 0.15) is 11.3 Å². The van der Waals surface area contributed by atoms with Gasteiger partial charge in [-0.1, -0.05) is 6.92 Å². The Bertz CT molecular complexity index is 577. The molecule has 4 nitrogen and oxygen atoms in total. The van der Waals surface area contributed by atoms with Gasteiger partial charge in [0.2, 0.25) is 0 Å². The lowest BCUT2D eigenvalue weighted by molar-refractivity contribution is 0.624. The molecule has 0 aliphatic rings. The van der Waals surface area contributed by atoms with Crippen LogP contribution in [0.4, 0.5) is 0 Å². The summed E-state index contributed by atoms with van der Waals surface area (Å²) < 4.78 is 2.16. The highest BCUT2D eigenvalue weighted by atomic mass is 15.1. The van der Waals surface area contributed by atoms with Crippen molar-refractivity contribution in [2.45, 2.75) is 46.1 Å². The van der Waals surface area contributed by atoms with Crippen LogP contribution in [-0.4, -0.2) is 14.5 Å². The van der Waals surface area contributed by atoms with Gasteiger partial charge in [-0.15, -0.1) is 0 Å². The van der Waals surface area contributed by atoms with Gasteiger partial charge < -0.3 is 4.57 Å². The highest BCUT2D eigenvalue weighted by Gasteiger charge is 2.10. The zero-order valence-electron chi connectivity index (χ0n) is 11.0. The molecule has 0 N–H and O–H groups in total. The summed E-state index contributed by atoms with van der Waals surface area (Å²) in [6.45, 7) is 5.01. The van der Waals surface area contributed by atoms with E-state index in [1.54, 1.807) is 0 Å². The quantitative estimate of drug-likeness (QED) is 0.757. The molecule has 0 fully saturated rings. The summed E-state index contributed by atoms with van der Waals surface area (Å²) in [5.74, 6) is 1.09. The molecule has 0 bridgehead atoms. The average Bonchev–Trinajstić information content (AvgIpc) is 2.67. The number of hydrogen-bond acceptors (Lipinski definition) is 3. The predicted octanol–water partition coefficient (Wildman–Crippen LogP) is 3.00. The van der Waals surface area contributed by atoms with E-state index in [0.717, 1.165) is 48.4 Å². The van der Waals surface area contributed by atoms with Gasteiger partial charge in [0.15, 0.2) is 5.65 Å². The van der Waals surface area contributed by atoms with E-state index in [9.17, 15) is 0 Å². The molecule has 0 aliphatic heterocycles. The Balaban J connectivity index is 2.39. The van der Waals surface area contributed by atoms with Gasteiger partial charge in [0.05, 0.1) is 6.07 Å². The van der Waals surface area contributed by atoms with Gasteiger partial charge in [-0.2, -0.15) is 5.26 Å². The zero-order chi connectivity index (χ0) is 13.0. The SMILES string of the molecule is CCCc1nc2cc(C)cnc2n1CCCC#N. The fourth-order valence-electron chi connectivity index (χ4n) is 2.12. The summed E-state index contributed by atoms with van der Waals surface area (Å²) in [5, 5.41) is 8.63. The van der Waals surface area contributed by atoms with Gasteiger partial charge >= 0.3 is 0 Å². The lowest BCUT2D eigenvalue weighted by Gasteiger charge is -2.06. The Kier molecular flexibility index (Phi) is 3.93. The Morgan fingerprint density at radius 1 is 1.44 bits per heavy atom. The molecule has 4 heteroatoms. The van der Waals surface area contributed by atoms with Crippen molar-refractivity contribution >= 4 is 11.2 Å². The lowest BCUT2D eigenvalue weighted by atomic mass is 10.3. The molecular formula is C14H18N4. The molecular weight excluding hydrogens is 224 g/mol. The van der Waals surface area contributed by atoms with E-state index < -0.39 is 0 Å². The fraction of sp³-hybridized carbons (Fsp3) is 0.500. The standard InChI is InChI=1S/C14H18N4/c1-3-6-13-17-12-9-11(2)10-16-14(12)18(13)8-5-4-7-15/h9-10H,3-6,8H2,1-2H3. The number of nitrogens with zero attached hydrogens (tertiary/aromatic N) is 4. The van der Waals surface area contributed by atoms with Crippen LogP contribution >= 0.6 is 0 Å². The van der Waals surface area contributed by atoms with Crippen LogP contribution in [0.1, 0.15) is 37.6 Å². The van der Waals surface area contributed by atoms with Crippen LogP contribution in [0.3, 0.4) is 0 Å². The smallest absolute Gasteiger partial charge is 0.160 e. The first-order valence-electron chi connectivity index (χ1n) is 6.45. The molecule has 2 aromatic heterocycles. The average molecular weight is 242 g/mol. The summed E-state index contributed by atoms with van der Waals surface area (Å²) in [4.78, 5) is 9.14. The van der Waals surface area contributed by atoms with Gasteiger partial charge in [-0.3, -0.25) is 0 Å². The summed E-state index contributed by atoms with van der Waals surface area (Å²) in [6.07, 6.45) is 5.34. The van der Waals surface area contributed by atoms with E-state index in [-0.39, 0.29) is 0 Å². The van der Waals surface area contributed by atoms with Crippen molar-refractivity contribution in [1.82, 2.24) is 14.5 Å². The van der Waals surface area contributed by atoms with Crippen molar-refractivity contribution in [2.75, 3.05) is 0 Å². The monoisotopic (exact) mass is 242 g/mol. The van der Waals surface area contributed by atoms with Crippen molar-refractivity contribution in [2.24, 2.45) is 0 Å². The predicted molar refractivity (Wildman–Crippen MR) is 71.1 cm³/mol. The minimum absolute atomic E-state index is 0.580. The summed E-state index contributed by atoms with van der Waals surface area (Å²) in [7, 11) is 0. The van der Waals surface area contributed by atoms with E-state index in [4.69, 9.17) is 5.26 Å². The van der Waals surface area contributed by atoms with Gasteiger partial charge in [0, 0.05) is 25.6 Å². The molecule has 2 rings (SSSR count). The van der Waals surface area contributed by atoms with Crippen molar-refractivity contribution in [3.05, 3.63) is 23.7 Å². The van der Waals surface area contributed by atoms with Crippen LogP contribution in [0, 0.1) is 18.3 Å². The molecule has 18 heavy (non-hydrogen) atoms. The number of pyridine rings is 1. The number of hydrogen-bond donors (Lipinski definition) is 0. The van der Waals surface area contributed by atoms with Gasteiger partial charge in [-0.05, 0) is 31.4 Å². The highest BCUT2D eigenvalue weighted by Crippen LogP contribution is 2.17. The molecule has 0 radical (unpaired) electrons. The van der Waals surface area contributed by atoms with Gasteiger partial charge in [0.25, 0.3) is 0 Å². The van der Waals surface area contributed by atoms with Crippen LogP contribution in [0.5, 0.6) is 0 Å². The van der Waals surface area contributed by atoms with Crippen LogP contribution in [0.25, 0.3) is 11.2 Å². The molecule has 0 saturated heterocycles. The summed E-state index contributed by atoms with van der Waals surface area (Å²) in [5.41, 5.74) is 3.05. The molecule has 0 saturated carbocycles. The van der Waals surface area contributed by atoms with E-state index in [1.165, 1.54) is 0 Å². The van der Waals surface area contributed by atoms with Crippen molar-refractivity contribution in [3.63, 3.8) is 0 Å². The Morgan fingerprint density at radius 3 is 3.00 bits per heavy atom. The van der Waals surface area contributed by atoms with Crippen molar-refractivity contribution in [1.29, 1.82) is 5.26 Å². The minimum Gasteiger partial charge on any atom is -0.313 e. The summed E-state index contributed by atoms with van der Waals surface area (Å²) in [6, 6.07) is 4.26. The maximum Gasteiger partial charge on any atom is 0.160 e. The minimum atomic E-state index is 0.580. The third-order valence-electron chi connectivity index (χ3n) is 2.94. The van der Waals surface area contributed by atoms with E-state index in [2.05, 4.69) is 33.6 Å². The molecule has 2 heterocycles. The number of aryl methyl sites for hydroxylation is 3. The van der Waals surface area contributed by atoms with Crippen LogP contribution in [0.2, 0.25) is 0 Å². The third-order valence-corrected chi connectivity index (χ3v) is 2.94. The fourth-order valence-corrected chi connectivity index (χ4v) is 2.12. The molecule has 94 valence electrons. The number of nitriles is 1. The number of fused-ring (bicyclic) bond motifs is 1. The van der Waals surface area contributed by atoms with E-state index in [0.29, 0.717) is 6.42 Å². The van der Waals surface area contributed by atoms with Crippen LogP contribution < -0.4 is 0 Å². The van der Waals surface area contributed by atoms with E-state index in [1.807, 2.05) is 13.1 Å². The molecule has 0 aromatic carbocycles. The number of aromatic nitrogens is 3. The molecule has 0 spiro atoms. The molecule has 0 aliphatic carbocycles. The number of rotatable bonds is 5. The molecule has 0 amide bonds. The Labute approximate surface area is 107 Å². The highest BCUT2D eigenvalue weighted by molar-refractivity contribution is 5.72. The summed E-state index contributed by atoms with van der Waals surface area (Å²) >= 11 is 0. The molecule has 2 aromatic rings. The Morgan fingerprint density at radius 2 is 2.28 bits per heavy atom. The van der Waals surface area contributed by atoms with Gasteiger partial charge in [-0.25, -0.2) is 9.97 Å². The van der Waals surface area contributed by atoms with Crippen LogP contribution in [-0.2, 0) is 13.0 Å². The normalized spacial score (nSPS) is 10.7. The first-order valence-corrected chi connectivity index (χ1v) is 6.45. The molecule has 0 unspecified atom stereocenters. The van der Waals surface area contributed by atoms with E-state index >= 15 is 0 Å². The zero-order valence-corrected chi connectivity index (χ0v) is 11.0. The first-order chi connectivity index (χ1) is 8.76. The largest absolute Gasteiger partial charge is 0.313 e. The van der Waals surface area contributed by atoms with Crippen LogP contribution in [0.15, 0.2) is 12.3 Å². The van der Waals surface area contributed by atoms with Crippen molar-refractivity contribution in [3.8, 4) is 6.07 Å². The van der Waals surface area contributed by atoms with Crippen molar-refractivity contribution < 1.29 is 0 Å². The maximum absolute atomic E-state index is 8.63. The second-order valence-corrected chi connectivity index (χ2v) is 4.55.